The van der Waals surface area contributed by atoms with Crippen LogP contribution in [0.4, 0.5) is 5.69 Å². The Morgan fingerprint density at radius 3 is 2.46 bits per heavy atom. The number of nitrogens with zero attached hydrogens (tertiary/aromatic N) is 2. The molecule has 0 saturated carbocycles. The van der Waals surface area contributed by atoms with Gasteiger partial charge in [-0.05, 0) is 29.7 Å². The summed E-state index contributed by atoms with van der Waals surface area (Å²) < 4.78 is 5.26. The third-order valence-electron chi connectivity index (χ3n) is 4.65. The molecule has 1 aromatic carbocycles. The molecule has 6 nitrogen and oxygen atoms in total. The minimum Gasteiger partial charge on any atom is -0.511 e. The third-order valence-corrected chi connectivity index (χ3v) is 4.65. The van der Waals surface area contributed by atoms with Gasteiger partial charge in [-0.25, -0.2) is 0 Å². The smallest absolute Gasteiger partial charge is 0.254 e. The van der Waals surface area contributed by atoms with Gasteiger partial charge in [0.1, 0.15) is 5.76 Å². The van der Waals surface area contributed by atoms with E-state index in [9.17, 15) is 14.7 Å². The van der Waals surface area contributed by atoms with E-state index in [4.69, 9.17) is 4.74 Å². The van der Waals surface area contributed by atoms with Gasteiger partial charge in [0.2, 0.25) is 0 Å². The van der Waals surface area contributed by atoms with Crippen molar-refractivity contribution in [2.24, 2.45) is 10.4 Å². The molecule has 1 fully saturated rings. The molecule has 1 amide bonds. The van der Waals surface area contributed by atoms with Crippen LogP contribution in [0.15, 0.2) is 40.6 Å². The summed E-state index contributed by atoms with van der Waals surface area (Å²) in [5, 5.41) is 10.1. The van der Waals surface area contributed by atoms with Crippen molar-refractivity contribution in [2.75, 3.05) is 26.3 Å². The van der Waals surface area contributed by atoms with E-state index in [-0.39, 0.29) is 28.4 Å². The van der Waals surface area contributed by atoms with Gasteiger partial charge in [-0.1, -0.05) is 13.8 Å². The Hall–Kier alpha value is -2.47. The maximum atomic E-state index is 12.4. The third kappa shape index (κ3) is 4.19. The molecular formula is C20H24N2O4. The van der Waals surface area contributed by atoms with Gasteiger partial charge in [0.25, 0.3) is 5.91 Å². The fourth-order valence-corrected chi connectivity index (χ4v) is 3.23. The maximum Gasteiger partial charge on any atom is 0.254 e. The van der Waals surface area contributed by atoms with Crippen LogP contribution in [0.3, 0.4) is 0 Å². The summed E-state index contributed by atoms with van der Waals surface area (Å²) >= 11 is 0. The van der Waals surface area contributed by atoms with Crippen LogP contribution in [-0.4, -0.2) is 54.2 Å². The fourth-order valence-electron chi connectivity index (χ4n) is 3.23. The number of ether oxygens (including phenoxy) is 1. The number of hydrogen-bond donors (Lipinski definition) is 1. The highest BCUT2D eigenvalue weighted by atomic mass is 16.5. The maximum absolute atomic E-state index is 12.4. The van der Waals surface area contributed by atoms with Crippen LogP contribution in [0.25, 0.3) is 0 Å². The zero-order valence-corrected chi connectivity index (χ0v) is 15.2. The van der Waals surface area contributed by atoms with Crippen molar-refractivity contribution in [2.45, 2.75) is 26.7 Å². The number of carbonyl (C=O) groups excluding carboxylic acids is 2. The SMILES string of the molecule is CC1(C)CC(=O)C(C=Nc2ccc(C(=O)N3CCOCC3)cc2)=C(O)C1. The number of aliphatic hydroxyl groups excluding tert-OH is 1. The number of ketones is 1. The molecule has 3 rings (SSSR count). The molecule has 0 unspecified atom stereocenters. The van der Waals surface area contributed by atoms with Gasteiger partial charge >= 0.3 is 0 Å². The highest BCUT2D eigenvalue weighted by Gasteiger charge is 2.32. The first kappa shape index (κ1) is 18.3. The molecule has 26 heavy (non-hydrogen) atoms. The van der Waals surface area contributed by atoms with Gasteiger partial charge in [-0.3, -0.25) is 14.6 Å². The number of rotatable bonds is 3. The molecule has 6 heteroatoms. The second-order valence-corrected chi connectivity index (χ2v) is 7.51. The van der Waals surface area contributed by atoms with Crippen LogP contribution in [0, 0.1) is 5.41 Å². The molecule has 1 aliphatic heterocycles. The summed E-state index contributed by atoms with van der Waals surface area (Å²) in [6.07, 6.45) is 2.28. The first-order valence-electron chi connectivity index (χ1n) is 8.82. The zero-order chi connectivity index (χ0) is 18.7. The molecule has 1 aromatic rings. The quantitative estimate of drug-likeness (QED) is 0.844. The molecule has 0 bridgehead atoms. The molecule has 1 saturated heterocycles. The number of hydrogen-bond acceptors (Lipinski definition) is 5. The predicted octanol–water partition coefficient (Wildman–Crippen LogP) is 3.06. The van der Waals surface area contributed by atoms with Crippen molar-refractivity contribution in [3.05, 3.63) is 41.2 Å². The summed E-state index contributed by atoms with van der Waals surface area (Å²) in [6, 6.07) is 6.92. The van der Waals surface area contributed by atoms with Crippen LogP contribution in [0.2, 0.25) is 0 Å². The van der Waals surface area contributed by atoms with Crippen molar-refractivity contribution in [1.29, 1.82) is 0 Å². The van der Waals surface area contributed by atoms with E-state index in [2.05, 4.69) is 4.99 Å². The number of morpholine rings is 1. The number of carbonyl (C=O) groups is 2. The summed E-state index contributed by atoms with van der Waals surface area (Å²) in [4.78, 5) is 30.7. The summed E-state index contributed by atoms with van der Waals surface area (Å²) in [5.74, 6) is -0.0235. The van der Waals surface area contributed by atoms with Gasteiger partial charge in [-0.15, -0.1) is 0 Å². The molecule has 0 radical (unpaired) electrons. The van der Waals surface area contributed by atoms with Crippen molar-refractivity contribution in [3.63, 3.8) is 0 Å². The Labute approximate surface area is 153 Å². The Morgan fingerprint density at radius 1 is 1.19 bits per heavy atom. The van der Waals surface area contributed by atoms with E-state index in [1.54, 1.807) is 29.2 Å². The van der Waals surface area contributed by atoms with Gasteiger partial charge in [0.05, 0.1) is 24.5 Å². The van der Waals surface area contributed by atoms with Crippen LogP contribution in [-0.2, 0) is 9.53 Å². The normalized spacial score (nSPS) is 20.7. The highest BCUT2D eigenvalue weighted by molar-refractivity contribution is 6.14. The first-order valence-corrected chi connectivity index (χ1v) is 8.82. The van der Waals surface area contributed by atoms with Crippen LogP contribution < -0.4 is 0 Å². The first-order chi connectivity index (χ1) is 12.4. The van der Waals surface area contributed by atoms with Gasteiger partial charge < -0.3 is 14.7 Å². The molecule has 0 spiro atoms. The monoisotopic (exact) mass is 356 g/mol. The highest BCUT2D eigenvalue weighted by Crippen LogP contribution is 2.35. The predicted molar refractivity (Wildman–Crippen MR) is 99.0 cm³/mol. The lowest BCUT2D eigenvalue weighted by molar-refractivity contribution is -0.117. The van der Waals surface area contributed by atoms with Crippen LogP contribution in [0.1, 0.15) is 37.0 Å². The second-order valence-electron chi connectivity index (χ2n) is 7.51. The average Bonchev–Trinajstić information content (AvgIpc) is 2.61. The van der Waals surface area contributed by atoms with E-state index in [1.807, 2.05) is 13.8 Å². The van der Waals surface area contributed by atoms with E-state index >= 15 is 0 Å². The van der Waals surface area contributed by atoms with Crippen molar-refractivity contribution in [3.8, 4) is 0 Å². The van der Waals surface area contributed by atoms with Crippen LogP contribution in [0.5, 0.6) is 0 Å². The van der Waals surface area contributed by atoms with E-state index in [0.29, 0.717) is 50.4 Å². The standard InChI is InChI=1S/C20H24N2O4/c1-20(2)11-17(23)16(18(24)12-20)13-21-15-5-3-14(4-6-15)19(25)22-7-9-26-10-8-22/h3-6,13,23H,7-12H2,1-2H3. The lowest BCUT2D eigenvalue weighted by Gasteiger charge is -2.28. The minimum atomic E-state index is -0.222. The lowest BCUT2D eigenvalue weighted by Crippen LogP contribution is -2.40. The number of amides is 1. The minimum absolute atomic E-state index is 0.0196. The Bertz CT molecular complexity index is 757. The number of aliphatic hydroxyl groups is 1. The number of allylic oxidation sites excluding steroid dienone is 2. The largest absolute Gasteiger partial charge is 0.511 e. The molecule has 1 heterocycles. The number of aliphatic imine (C=N–C) groups is 1. The van der Waals surface area contributed by atoms with E-state index in [0.717, 1.165) is 0 Å². The molecule has 1 aliphatic carbocycles. The Kier molecular flexibility index (Phi) is 5.23. The Morgan fingerprint density at radius 2 is 1.85 bits per heavy atom. The van der Waals surface area contributed by atoms with E-state index in [1.165, 1.54) is 6.21 Å². The van der Waals surface area contributed by atoms with Crippen LogP contribution >= 0.6 is 0 Å². The van der Waals surface area contributed by atoms with Crippen molar-refractivity contribution >= 4 is 23.6 Å². The molecule has 1 N–H and O–H groups in total. The van der Waals surface area contributed by atoms with Crippen molar-refractivity contribution < 1.29 is 19.4 Å². The average molecular weight is 356 g/mol. The lowest BCUT2D eigenvalue weighted by atomic mass is 9.77. The second kappa shape index (κ2) is 7.41. The molecule has 2 aliphatic rings. The molecular weight excluding hydrogens is 332 g/mol. The fraction of sp³-hybridized carbons (Fsp3) is 0.450. The molecule has 0 atom stereocenters. The van der Waals surface area contributed by atoms with Gasteiger partial charge in [0.15, 0.2) is 5.78 Å². The molecule has 0 aromatic heterocycles. The summed E-state index contributed by atoms with van der Waals surface area (Å²) in [6.45, 7) is 6.25. The van der Waals surface area contributed by atoms with Gasteiger partial charge in [0, 0.05) is 37.7 Å². The summed E-state index contributed by atoms with van der Waals surface area (Å²) in [5.41, 5.74) is 1.28. The zero-order valence-electron chi connectivity index (χ0n) is 15.2. The number of benzene rings is 1. The van der Waals surface area contributed by atoms with Crippen molar-refractivity contribution in [1.82, 2.24) is 4.90 Å². The number of Topliss-reactive ketones (excluding diaryl/α,β-unsaturated/α-hetero) is 1. The Balaban J connectivity index is 1.70. The molecule has 138 valence electrons. The van der Waals surface area contributed by atoms with E-state index < -0.39 is 0 Å². The topological polar surface area (TPSA) is 79.2 Å². The van der Waals surface area contributed by atoms with Gasteiger partial charge in [-0.2, -0.15) is 0 Å². The summed E-state index contributed by atoms with van der Waals surface area (Å²) in [7, 11) is 0.